The molecule has 144 valence electrons. The molecule has 0 bridgehead atoms. The quantitative estimate of drug-likeness (QED) is 0.805. The number of hydrogen-bond donors (Lipinski definition) is 0. The molecule has 0 aliphatic carbocycles. The van der Waals surface area contributed by atoms with Crippen LogP contribution in [0.4, 0.5) is 0 Å². The van der Waals surface area contributed by atoms with Crippen molar-refractivity contribution in [1.29, 1.82) is 0 Å². The molecule has 2 aliphatic rings. The standard InChI is InChI=1S/C19H28N2O4S/c1-14-6-8-18(9-7-14)26(23,24)20-10-4-5-17(11-20)19(22)21-15(2)12-25-13-16(21)3/h6-9,15-17H,4-5,10-13H2,1-3H3/t15-,16-,17+/m0/s1. The third-order valence-electron chi connectivity index (χ3n) is 5.31. The minimum absolute atomic E-state index is 0.0235. The third kappa shape index (κ3) is 3.80. The van der Waals surface area contributed by atoms with Gasteiger partial charge in [-0.3, -0.25) is 4.79 Å². The van der Waals surface area contributed by atoms with E-state index in [9.17, 15) is 13.2 Å². The van der Waals surface area contributed by atoms with Crippen molar-refractivity contribution in [2.24, 2.45) is 5.92 Å². The molecule has 0 N–H and O–H groups in total. The summed E-state index contributed by atoms with van der Waals surface area (Å²) in [4.78, 5) is 15.3. The highest BCUT2D eigenvalue weighted by Gasteiger charge is 2.38. The zero-order chi connectivity index (χ0) is 18.9. The van der Waals surface area contributed by atoms with Gasteiger partial charge < -0.3 is 9.64 Å². The van der Waals surface area contributed by atoms with E-state index >= 15 is 0 Å². The minimum Gasteiger partial charge on any atom is -0.377 e. The zero-order valence-electron chi connectivity index (χ0n) is 15.7. The third-order valence-corrected chi connectivity index (χ3v) is 7.19. The zero-order valence-corrected chi connectivity index (χ0v) is 16.5. The molecule has 3 rings (SSSR count). The van der Waals surface area contributed by atoms with Gasteiger partial charge in [-0.05, 0) is 45.7 Å². The average molecular weight is 381 g/mol. The van der Waals surface area contributed by atoms with E-state index < -0.39 is 10.0 Å². The fourth-order valence-electron chi connectivity index (χ4n) is 3.87. The number of carbonyl (C=O) groups excluding carboxylic acids is 1. The second kappa shape index (κ2) is 7.66. The van der Waals surface area contributed by atoms with Gasteiger partial charge in [-0.2, -0.15) is 4.31 Å². The lowest BCUT2D eigenvalue weighted by atomic mass is 9.96. The monoisotopic (exact) mass is 380 g/mol. The number of aryl methyl sites for hydroxylation is 1. The lowest BCUT2D eigenvalue weighted by Gasteiger charge is -2.42. The molecule has 6 nitrogen and oxygen atoms in total. The van der Waals surface area contributed by atoms with E-state index in [0.717, 1.165) is 12.0 Å². The minimum atomic E-state index is -3.57. The van der Waals surface area contributed by atoms with Crippen molar-refractivity contribution < 1.29 is 17.9 Å². The molecule has 1 amide bonds. The van der Waals surface area contributed by atoms with E-state index in [1.54, 1.807) is 24.3 Å². The van der Waals surface area contributed by atoms with Crippen LogP contribution in [0.3, 0.4) is 0 Å². The van der Waals surface area contributed by atoms with Gasteiger partial charge in [0.2, 0.25) is 15.9 Å². The summed E-state index contributed by atoms with van der Waals surface area (Å²) in [5, 5.41) is 0. The van der Waals surface area contributed by atoms with Crippen LogP contribution in [0.5, 0.6) is 0 Å². The van der Waals surface area contributed by atoms with Crippen LogP contribution in [0.25, 0.3) is 0 Å². The van der Waals surface area contributed by atoms with Gasteiger partial charge in [0.25, 0.3) is 0 Å². The Morgan fingerprint density at radius 1 is 1.12 bits per heavy atom. The molecule has 0 radical (unpaired) electrons. The van der Waals surface area contributed by atoms with E-state index in [2.05, 4.69) is 0 Å². The average Bonchev–Trinajstić information content (AvgIpc) is 2.62. The number of piperidine rings is 1. The second-order valence-corrected chi connectivity index (χ2v) is 9.43. The molecule has 2 fully saturated rings. The fourth-order valence-corrected chi connectivity index (χ4v) is 5.39. The largest absolute Gasteiger partial charge is 0.377 e. The molecule has 0 unspecified atom stereocenters. The maximum Gasteiger partial charge on any atom is 0.243 e. The van der Waals surface area contributed by atoms with E-state index in [0.29, 0.717) is 31.1 Å². The molecule has 1 aromatic rings. The van der Waals surface area contributed by atoms with Gasteiger partial charge >= 0.3 is 0 Å². The molecule has 2 saturated heterocycles. The summed E-state index contributed by atoms with van der Waals surface area (Å²) in [5.41, 5.74) is 1.02. The molecule has 0 aromatic heterocycles. The SMILES string of the molecule is Cc1ccc(S(=O)(=O)N2CCC[C@@H](C(=O)N3[C@@H](C)COC[C@@H]3C)C2)cc1. The number of hydrogen-bond acceptors (Lipinski definition) is 4. The van der Waals surface area contributed by atoms with Crippen LogP contribution in [0, 0.1) is 12.8 Å². The Hall–Kier alpha value is -1.44. The number of nitrogens with zero attached hydrogens (tertiary/aromatic N) is 2. The van der Waals surface area contributed by atoms with E-state index in [1.165, 1.54) is 4.31 Å². The molecular formula is C19H28N2O4S. The summed E-state index contributed by atoms with van der Waals surface area (Å²) >= 11 is 0. The van der Waals surface area contributed by atoms with Crippen molar-refractivity contribution in [2.75, 3.05) is 26.3 Å². The van der Waals surface area contributed by atoms with E-state index in [-0.39, 0.29) is 30.5 Å². The molecule has 26 heavy (non-hydrogen) atoms. The topological polar surface area (TPSA) is 66.9 Å². The maximum atomic E-state index is 13.1. The van der Waals surface area contributed by atoms with Crippen LogP contribution in [0.15, 0.2) is 29.2 Å². The van der Waals surface area contributed by atoms with Gasteiger partial charge in [-0.25, -0.2) is 8.42 Å². The van der Waals surface area contributed by atoms with Crippen LogP contribution >= 0.6 is 0 Å². The number of amides is 1. The van der Waals surface area contributed by atoms with Gasteiger partial charge in [0.15, 0.2) is 0 Å². The Bertz CT molecular complexity index is 737. The molecule has 2 aliphatic heterocycles. The Kier molecular flexibility index (Phi) is 5.69. The first-order chi connectivity index (χ1) is 12.3. The summed E-state index contributed by atoms with van der Waals surface area (Å²) in [6.45, 7) is 7.69. The van der Waals surface area contributed by atoms with Gasteiger partial charge in [-0.1, -0.05) is 17.7 Å². The summed E-state index contributed by atoms with van der Waals surface area (Å²) in [7, 11) is -3.57. The van der Waals surface area contributed by atoms with Crippen molar-refractivity contribution >= 4 is 15.9 Å². The van der Waals surface area contributed by atoms with Crippen molar-refractivity contribution in [3.8, 4) is 0 Å². The first-order valence-corrected chi connectivity index (χ1v) is 10.7. The summed E-state index contributed by atoms with van der Waals surface area (Å²) in [6.07, 6.45) is 1.43. The number of morpholine rings is 1. The number of benzene rings is 1. The Balaban J connectivity index is 1.76. The number of rotatable bonds is 3. The molecule has 2 heterocycles. The smallest absolute Gasteiger partial charge is 0.243 e. The van der Waals surface area contributed by atoms with Crippen LogP contribution in [0.1, 0.15) is 32.3 Å². The lowest BCUT2D eigenvalue weighted by molar-refractivity contribution is -0.149. The van der Waals surface area contributed by atoms with Crippen molar-refractivity contribution in [2.45, 2.75) is 50.6 Å². The highest BCUT2D eigenvalue weighted by Crippen LogP contribution is 2.27. The van der Waals surface area contributed by atoms with Crippen molar-refractivity contribution in [3.05, 3.63) is 29.8 Å². The predicted octanol–water partition coefficient (Wildman–Crippen LogP) is 2.03. The van der Waals surface area contributed by atoms with Crippen LogP contribution in [-0.4, -0.2) is 61.9 Å². The lowest BCUT2D eigenvalue weighted by Crippen LogP contribution is -2.56. The maximum absolute atomic E-state index is 13.1. The Labute approximate surface area is 156 Å². The van der Waals surface area contributed by atoms with Crippen LogP contribution < -0.4 is 0 Å². The first-order valence-electron chi connectivity index (χ1n) is 9.27. The highest BCUT2D eigenvalue weighted by atomic mass is 32.2. The molecule has 0 spiro atoms. The molecule has 7 heteroatoms. The first kappa shape index (κ1) is 19.3. The molecule has 0 saturated carbocycles. The summed E-state index contributed by atoms with van der Waals surface area (Å²) in [6, 6.07) is 6.93. The highest BCUT2D eigenvalue weighted by molar-refractivity contribution is 7.89. The van der Waals surface area contributed by atoms with E-state index in [1.807, 2.05) is 25.7 Å². The van der Waals surface area contributed by atoms with Crippen LogP contribution in [-0.2, 0) is 19.6 Å². The molecule has 1 aromatic carbocycles. The van der Waals surface area contributed by atoms with Gasteiger partial charge in [0.05, 0.1) is 36.1 Å². The molecule has 3 atom stereocenters. The Morgan fingerprint density at radius 2 is 1.73 bits per heavy atom. The van der Waals surface area contributed by atoms with Gasteiger partial charge in [0.1, 0.15) is 0 Å². The second-order valence-electron chi connectivity index (χ2n) is 7.50. The number of ether oxygens (including phenoxy) is 1. The van der Waals surface area contributed by atoms with Gasteiger partial charge in [0, 0.05) is 13.1 Å². The van der Waals surface area contributed by atoms with Crippen molar-refractivity contribution in [3.63, 3.8) is 0 Å². The van der Waals surface area contributed by atoms with E-state index in [4.69, 9.17) is 4.74 Å². The van der Waals surface area contributed by atoms with Crippen molar-refractivity contribution in [1.82, 2.24) is 9.21 Å². The van der Waals surface area contributed by atoms with Crippen LogP contribution in [0.2, 0.25) is 0 Å². The number of sulfonamides is 1. The normalized spacial score (nSPS) is 28.1. The number of carbonyl (C=O) groups is 1. The predicted molar refractivity (Wildman–Crippen MR) is 99.3 cm³/mol. The summed E-state index contributed by atoms with van der Waals surface area (Å²) < 4.78 is 32.9. The Morgan fingerprint density at radius 3 is 2.35 bits per heavy atom. The fraction of sp³-hybridized carbons (Fsp3) is 0.632. The summed E-state index contributed by atoms with van der Waals surface area (Å²) in [5.74, 6) is -0.232. The van der Waals surface area contributed by atoms with Gasteiger partial charge in [-0.15, -0.1) is 0 Å². The molecular weight excluding hydrogens is 352 g/mol.